The first kappa shape index (κ1) is 34.9. The summed E-state index contributed by atoms with van der Waals surface area (Å²) in [5.41, 5.74) is 2.45. The highest BCUT2D eigenvalue weighted by molar-refractivity contribution is 5.89. The molecule has 0 amide bonds. The molecule has 2 bridgehead atoms. The molecule has 9 nitrogen and oxygen atoms in total. The van der Waals surface area contributed by atoms with E-state index in [1.165, 1.54) is 5.57 Å². The van der Waals surface area contributed by atoms with Crippen LogP contribution in [0.2, 0.25) is 0 Å². The SMILES string of the molecule is CC1=C[C@H]2C(=O)O[C@H]3C[C@@H](C/C=C(\C)C[C@@H](C)/C=C/C=C4\CO[C@H]([C@@H]1O)[C@@]42O)O[C@@]1(C/C(=N\CO)[C@H](C)[C@@H](/C(C)=C/C(C)C)O1)C3. The fourth-order valence-corrected chi connectivity index (χ4v) is 7.99. The lowest BCUT2D eigenvalue weighted by Crippen LogP contribution is -2.59. The van der Waals surface area contributed by atoms with Crippen LogP contribution in [0.15, 0.2) is 63.7 Å². The van der Waals surface area contributed by atoms with E-state index in [9.17, 15) is 20.1 Å². The van der Waals surface area contributed by atoms with Gasteiger partial charge in [0.1, 0.15) is 36.6 Å². The molecular weight excluding hydrogens is 586 g/mol. The summed E-state index contributed by atoms with van der Waals surface area (Å²) in [4.78, 5) is 18.6. The van der Waals surface area contributed by atoms with Crippen molar-refractivity contribution in [1.82, 2.24) is 0 Å². The molecule has 4 heterocycles. The highest BCUT2D eigenvalue weighted by atomic mass is 16.7. The van der Waals surface area contributed by atoms with Gasteiger partial charge < -0.3 is 34.3 Å². The maximum Gasteiger partial charge on any atom is 0.316 e. The van der Waals surface area contributed by atoms with Crippen LogP contribution in [-0.2, 0) is 23.7 Å². The van der Waals surface area contributed by atoms with Crippen molar-refractivity contribution in [3.05, 3.63) is 58.7 Å². The van der Waals surface area contributed by atoms with Gasteiger partial charge in [-0.1, -0.05) is 69.7 Å². The summed E-state index contributed by atoms with van der Waals surface area (Å²) >= 11 is 0. The minimum absolute atomic E-state index is 0.0690. The van der Waals surface area contributed by atoms with Crippen LogP contribution >= 0.6 is 0 Å². The van der Waals surface area contributed by atoms with Gasteiger partial charge in [-0.25, -0.2) is 0 Å². The van der Waals surface area contributed by atoms with E-state index in [4.69, 9.17) is 18.9 Å². The summed E-state index contributed by atoms with van der Waals surface area (Å²) in [7, 11) is 0. The van der Waals surface area contributed by atoms with Gasteiger partial charge in [0.25, 0.3) is 0 Å². The molecule has 4 aliphatic heterocycles. The predicted molar refractivity (Wildman–Crippen MR) is 176 cm³/mol. The average Bonchev–Trinajstić information content (AvgIpc) is 3.31. The second-order valence-corrected chi connectivity index (χ2v) is 14.5. The zero-order chi connectivity index (χ0) is 33.4. The molecule has 3 saturated heterocycles. The Morgan fingerprint density at radius 3 is 2.67 bits per heavy atom. The number of allylic oxidation sites excluding steroid dienone is 5. The standard InChI is InChI=1S/C37H53NO8/c1-21(2)13-25(6)33-26(7)31(38-20-39)18-36(46-33)17-29-16-28(45-36)12-11-23(4)14-22(3)9-8-10-27-19-43-34-32(40)24(5)15-30(35(41)44-29)37(27,34)42/h8-11,13,15,21-22,26,28-30,32-34,39-40,42H,12,14,16-20H2,1-7H3/b9-8+,23-11+,25-13+,27-10+,38-31+/t22-,26-,28+,29-,30-,32+,33+,34+,36-,37+/m0/s1. The predicted octanol–water partition coefficient (Wildman–Crippen LogP) is 5.12. The van der Waals surface area contributed by atoms with Gasteiger partial charge in [0, 0.05) is 30.9 Å². The third-order valence-electron chi connectivity index (χ3n) is 10.2. The zero-order valence-corrected chi connectivity index (χ0v) is 28.4. The molecule has 10 atom stereocenters. The van der Waals surface area contributed by atoms with Crippen molar-refractivity contribution < 1.29 is 39.1 Å². The van der Waals surface area contributed by atoms with Gasteiger partial charge in [-0.2, -0.15) is 0 Å². The van der Waals surface area contributed by atoms with E-state index in [2.05, 4.69) is 64.8 Å². The largest absolute Gasteiger partial charge is 0.462 e. The topological polar surface area (TPSA) is 127 Å². The summed E-state index contributed by atoms with van der Waals surface area (Å²) in [5, 5.41) is 33.0. The van der Waals surface area contributed by atoms with Gasteiger partial charge >= 0.3 is 5.97 Å². The van der Waals surface area contributed by atoms with Crippen LogP contribution in [0.5, 0.6) is 0 Å². The molecule has 3 fully saturated rings. The van der Waals surface area contributed by atoms with Crippen molar-refractivity contribution in [3.8, 4) is 0 Å². The number of esters is 1. The van der Waals surface area contributed by atoms with E-state index < -0.39 is 41.6 Å². The van der Waals surface area contributed by atoms with Crippen molar-refractivity contribution in [3.63, 3.8) is 0 Å². The van der Waals surface area contributed by atoms with Gasteiger partial charge in [0.2, 0.25) is 0 Å². The number of carbonyl (C=O) groups excluding carboxylic acids is 1. The van der Waals surface area contributed by atoms with Gasteiger partial charge in [-0.15, -0.1) is 0 Å². The summed E-state index contributed by atoms with van der Waals surface area (Å²) < 4.78 is 26.0. The Balaban J connectivity index is 1.55. The molecule has 5 rings (SSSR count). The lowest BCUT2D eigenvalue weighted by atomic mass is 9.71. The Bertz CT molecular complexity index is 1340. The van der Waals surface area contributed by atoms with Crippen molar-refractivity contribution in [1.29, 1.82) is 0 Å². The maximum absolute atomic E-state index is 14.1. The first-order valence-corrected chi connectivity index (χ1v) is 16.9. The van der Waals surface area contributed by atoms with Gasteiger partial charge in [0.15, 0.2) is 5.79 Å². The van der Waals surface area contributed by atoms with E-state index in [1.54, 1.807) is 13.0 Å². The number of aliphatic hydroxyl groups is 3. The van der Waals surface area contributed by atoms with Gasteiger partial charge in [0.05, 0.1) is 18.8 Å². The molecule has 0 unspecified atom stereocenters. The number of carbonyl (C=O) groups is 1. The number of fused-ring (bicyclic) bond motifs is 2. The number of hydrogen-bond acceptors (Lipinski definition) is 9. The van der Waals surface area contributed by atoms with Crippen LogP contribution in [0.4, 0.5) is 0 Å². The van der Waals surface area contributed by atoms with Gasteiger partial charge in [-0.3, -0.25) is 9.79 Å². The third-order valence-corrected chi connectivity index (χ3v) is 10.2. The third kappa shape index (κ3) is 7.05. The Morgan fingerprint density at radius 1 is 1.20 bits per heavy atom. The number of hydrogen-bond donors (Lipinski definition) is 3. The molecule has 0 aromatic rings. The summed E-state index contributed by atoms with van der Waals surface area (Å²) in [6, 6.07) is 0. The molecule has 46 heavy (non-hydrogen) atoms. The summed E-state index contributed by atoms with van der Waals surface area (Å²) in [5.74, 6) is -2.28. The van der Waals surface area contributed by atoms with E-state index in [-0.39, 0.29) is 43.8 Å². The van der Waals surface area contributed by atoms with Crippen LogP contribution in [-0.4, -0.2) is 82.2 Å². The van der Waals surface area contributed by atoms with E-state index in [0.717, 1.165) is 17.7 Å². The Morgan fingerprint density at radius 2 is 1.96 bits per heavy atom. The minimum atomic E-state index is -1.75. The fourth-order valence-electron chi connectivity index (χ4n) is 7.99. The molecule has 254 valence electrons. The number of aliphatic imine (C=N–C) groups is 1. The quantitative estimate of drug-likeness (QED) is 0.287. The molecule has 0 aromatic heterocycles. The van der Waals surface area contributed by atoms with Crippen molar-refractivity contribution in [2.24, 2.45) is 28.7 Å². The minimum Gasteiger partial charge on any atom is -0.462 e. The van der Waals surface area contributed by atoms with E-state index in [0.29, 0.717) is 36.3 Å². The maximum atomic E-state index is 14.1. The zero-order valence-electron chi connectivity index (χ0n) is 28.4. The van der Waals surface area contributed by atoms with Crippen LogP contribution < -0.4 is 0 Å². The summed E-state index contributed by atoms with van der Waals surface area (Å²) in [6.45, 7) is 14.1. The average molecular weight is 640 g/mol. The Kier molecular flexibility index (Phi) is 10.6. The molecule has 1 aliphatic carbocycles. The molecule has 3 N–H and O–H groups in total. The number of aliphatic hydroxyl groups excluding tert-OH is 2. The van der Waals surface area contributed by atoms with Crippen LogP contribution in [0.25, 0.3) is 0 Å². The Labute approximate surface area is 273 Å². The second kappa shape index (κ2) is 14.0. The van der Waals surface area contributed by atoms with E-state index in [1.807, 2.05) is 12.2 Å². The lowest BCUT2D eigenvalue weighted by molar-refractivity contribution is -0.313. The van der Waals surface area contributed by atoms with Crippen molar-refractivity contribution in [2.45, 2.75) is 122 Å². The fraction of sp³-hybridized carbons (Fsp3) is 0.676. The smallest absolute Gasteiger partial charge is 0.316 e. The highest BCUT2D eigenvalue weighted by Crippen LogP contribution is 2.47. The first-order chi connectivity index (χ1) is 21.8. The normalized spacial score (nSPS) is 44.6. The van der Waals surface area contributed by atoms with Crippen molar-refractivity contribution >= 4 is 11.7 Å². The number of rotatable bonds is 3. The molecular formula is C37H53NO8. The van der Waals surface area contributed by atoms with Gasteiger partial charge in [-0.05, 0) is 62.2 Å². The molecule has 0 saturated carbocycles. The molecule has 0 aromatic carbocycles. The highest BCUT2D eigenvalue weighted by Gasteiger charge is 2.60. The summed E-state index contributed by atoms with van der Waals surface area (Å²) in [6.07, 6.45) is 11.1. The second-order valence-electron chi connectivity index (χ2n) is 14.5. The monoisotopic (exact) mass is 639 g/mol. The van der Waals surface area contributed by atoms with Crippen LogP contribution in [0.1, 0.15) is 80.6 Å². The molecule has 1 spiro atoms. The first-order valence-electron chi connectivity index (χ1n) is 16.9. The van der Waals surface area contributed by atoms with Crippen molar-refractivity contribution in [2.75, 3.05) is 13.3 Å². The van der Waals surface area contributed by atoms with Crippen LogP contribution in [0.3, 0.4) is 0 Å². The molecule has 5 aliphatic rings. The lowest BCUT2D eigenvalue weighted by Gasteiger charge is -2.50. The number of nitrogens with zero attached hydrogens (tertiary/aromatic N) is 1. The molecule has 9 heteroatoms. The van der Waals surface area contributed by atoms with Crippen LogP contribution in [0, 0.1) is 23.7 Å². The number of ether oxygens (including phenoxy) is 4. The molecule has 0 radical (unpaired) electrons. The van der Waals surface area contributed by atoms with E-state index >= 15 is 0 Å². The Hall–Kier alpha value is -2.40.